The van der Waals surface area contributed by atoms with Crippen LogP contribution < -0.4 is 10.0 Å². The van der Waals surface area contributed by atoms with E-state index in [1.54, 1.807) is 0 Å². The van der Waals surface area contributed by atoms with E-state index in [-0.39, 0.29) is 6.10 Å². The summed E-state index contributed by atoms with van der Waals surface area (Å²) in [5.74, 6) is 0. The van der Waals surface area contributed by atoms with Gasteiger partial charge >= 0.3 is 0 Å². The van der Waals surface area contributed by atoms with Crippen molar-refractivity contribution in [1.82, 2.24) is 0 Å². The molecular weight excluding hydrogens is 94.8 g/mol. The Bertz CT molecular complexity index is 61.2. The molecule has 0 bridgehead atoms. The van der Waals surface area contributed by atoms with Gasteiger partial charge in [0.05, 0.1) is 7.32 Å². The van der Waals surface area contributed by atoms with E-state index < -0.39 is 7.32 Å². The van der Waals surface area contributed by atoms with Crippen molar-refractivity contribution in [3.8, 4) is 0 Å². The molecule has 0 spiro atoms. The summed E-state index contributed by atoms with van der Waals surface area (Å²) >= 11 is 0. The number of hydrogen-bond donors (Lipinski definition) is 0. The van der Waals surface area contributed by atoms with Crippen LogP contribution in [0.2, 0.25) is 0 Å². The normalized spacial score (nSPS) is 19.7. The molecule has 40 valence electrons. The second-order valence-electron chi connectivity index (χ2n) is 1.62. The third-order valence-corrected chi connectivity index (χ3v) is 0.828. The van der Waals surface area contributed by atoms with Gasteiger partial charge in [-0.3, -0.25) is 0 Å². The quantitative estimate of drug-likeness (QED) is 0.372. The average Bonchev–Trinajstić information content (AvgIpc) is 2.17. The summed E-state index contributed by atoms with van der Waals surface area (Å²) < 4.78 is 4.25. The average molecular weight is 99.9 g/mol. The number of rotatable bonds is 2. The van der Waals surface area contributed by atoms with Crippen molar-refractivity contribution in [3.05, 3.63) is 0 Å². The zero-order chi connectivity index (χ0) is 5.28. The first-order valence-corrected chi connectivity index (χ1v) is 2.26. The van der Waals surface area contributed by atoms with Gasteiger partial charge in [-0.25, -0.2) is 0 Å². The highest BCUT2D eigenvalue weighted by Crippen LogP contribution is 2.22. The summed E-state index contributed by atoms with van der Waals surface area (Å²) in [6.07, 6.45) is 1.78. The van der Waals surface area contributed by atoms with E-state index in [1.165, 1.54) is 0 Å². The van der Waals surface area contributed by atoms with Gasteiger partial charge in [0.15, 0.2) is 0 Å². The van der Waals surface area contributed by atoms with Gasteiger partial charge < -0.3 is 14.7 Å². The lowest BCUT2D eigenvalue weighted by atomic mass is 10.3. The fourth-order valence-corrected chi connectivity index (χ4v) is 0.361. The molecule has 0 saturated heterocycles. The Balaban J connectivity index is 1.97. The lowest BCUT2D eigenvalue weighted by Gasteiger charge is -2.25. The molecule has 1 saturated carbocycles. The summed E-state index contributed by atoms with van der Waals surface area (Å²) in [6.45, 7) is 0. The molecule has 1 fully saturated rings. The lowest BCUT2D eigenvalue weighted by molar-refractivity contribution is -0.382. The van der Waals surface area contributed by atoms with Crippen molar-refractivity contribution in [2.45, 2.75) is 18.9 Å². The topological polar surface area (TPSA) is 55.3 Å². The first-order valence-electron chi connectivity index (χ1n) is 2.26. The van der Waals surface area contributed by atoms with Gasteiger partial charge in [0.2, 0.25) is 0 Å². The Labute approximate surface area is 42.1 Å². The van der Waals surface area contributed by atoms with E-state index >= 15 is 0 Å². The number of hydrogen-bond acceptors (Lipinski definition) is 3. The molecule has 7 heavy (non-hydrogen) atoms. The van der Waals surface area contributed by atoms with E-state index in [0.717, 1.165) is 12.8 Å². The van der Waals surface area contributed by atoms with Crippen LogP contribution in [-0.2, 0) is 4.65 Å². The van der Waals surface area contributed by atoms with Crippen LogP contribution in [0.25, 0.3) is 0 Å². The van der Waals surface area contributed by atoms with Gasteiger partial charge in [-0.1, -0.05) is 0 Å². The molecule has 0 heterocycles. The molecule has 3 nitrogen and oxygen atoms in total. The van der Waals surface area contributed by atoms with Crippen molar-refractivity contribution in [2.75, 3.05) is 0 Å². The van der Waals surface area contributed by atoms with Crippen molar-refractivity contribution in [3.63, 3.8) is 0 Å². The van der Waals surface area contributed by atoms with Crippen LogP contribution >= 0.6 is 0 Å². The first-order chi connectivity index (χ1) is 3.29. The van der Waals surface area contributed by atoms with E-state index in [0.29, 0.717) is 0 Å². The monoisotopic (exact) mass is 100 g/mol. The Morgan fingerprint density at radius 2 is 2.00 bits per heavy atom. The molecule has 0 radical (unpaired) electrons. The summed E-state index contributed by atoms with van der Waals surface area (Å²) in [4.78, 5) is 0. The molecule has 0 amide bonds. The van der Waals surface area contributed by atoms with Gasteiger partial charge in [-0.2, -0.15) is 0 Å². The van der Waals surface area contributed by atoms with Crippen molar-refractivity contribution < 1.29 is 14.7 Å². The van der Waals surface area contributed by atoms with Crippen molar-refractivity contribution >= 4 is 7.32 Å². The summed E-state index contributed by atoms with van der Waals surface area (Å²) in [7, 11) is -2.06. The summed E-state index contributed by atoms with van der Waals surface area (Å²) in [5, 5.41) is 19.2. The second kappa shape index (κ2) is 1.82. The molecule has 0 aromatic heterocycles. The van der Waals surface area contributed by atoms with Crippen molar-refractivity contribution in [2.24, 2.45) is 0 Å². The highest BCUT2D eigenvalue weighted by Gasteiger charge is 2.19. The zero-order valence-corrected chi connectivity index (χ0v) is 3.79. The Kier molecular flexibility index (Phi) is 1.32. The molecule has 0 aromatic carbocycles. The maximum atomic E-state index is 9.60. The Hall–Kier alpha value is -0.0551. The molecular formula is C3H5BO3-2. The minimum Gasteiger partial charge on any atom is -0.871 e. The minimum absolute atomic E-state index is 0.000000000000000222. The van der Waals surface area contributed by atoms with Crippen LogP contribution in [0.3, 0.4) is 0 Å². The van der Waals surface area contributed by atoms with Crippen LogP contribution in [0.4, 0.5) is 0 Å². The largest absolute Gasteiger partial charge is 0.871 e. The highest BCUT2D eigenvalue weighted by atomic mass is 16.6. The molecule has 0 N–H and O–H groups in total. The Morgan fingerprint density at radius 3 is 2.14 bits per heavy atom. The second-order valence-corrected chi connectivity index (χ2v) is 1.62. The van der Waals surface area contributed by atoms with Crippen LogP contribution in [0.5, 0.6) is 0 Å². The van der Waals surface area contributed by atoms with E-state index in [2.05, 4.69) is 4.65 Å². The predicted molar refractivity (Wildman–Crippen MR) is 19.9 cm³/mol. The van der Waals surface area contributed by atoms with E-state index in [1.807, 2.05) is 0 Å². The van der Waals surface area contributed by atoms with Gasteiger partial charge in [-0.05, 0) is 12.8 Å². The molecule has 1 aliphatic rings. The molecule has 0 unspecified atom stereocenters. The maximum absolute atomic E-state index is 9.60. The fourth-order valence-electron chi connectivity index (χ4n) is 0.361. The Morgan fingerprint density at radius 1 is 1.43 bits per heavy atom. The fraction of sp³-hybridized carbons (Fsp3) is 1.00. The highest BCUT2D eigenvalue weighted by molar-refractivity contribution is 6.28. The van der Waals surface area contributed by atoms with Gasteiger partial charge in [0.25, 0.3) is 0 Å². The van der Waals surface area contributed by atoms with Gasteiger partial charge in [0, 0.05) is 6.10 Å². The molecule has 0 aliphatic heterocycles. The SMILES string of the molecule is [O-]B([O-])OC1CC1. The summed E-state index contributed by atoms with van der Waals surface area (Å²) in [6, 6.07) is 0. The van der Waals surface area contributed by atoms with Gasteiger partial charge in [0.1, 0.15) is 0 Å². The van der Waals surface area contributed by atoms with Crippen LogP contribution in [-0.4, -0.2) is 13.4 Å². The van der Waals surface area contributed by atoms with E-state index in [4.69, 9.17) is 0 Å². The van der Waals surface area contributed by atoms with E-state index in [9.17, 15) is 10.0 Å². The van der Waals surface area contributed by atoms with Crippen LogP contribution in [0.15, 0.2) is 0 Å². The summed E-state index contributed by atoms with van der Waals surface area (Å²) in [5.41, 5.74) is 0. The predicted octanol–water partition coefficient (Wildman–Crippen LogP) is -2.13. The zero-order valence-electron chi connectivity index (χ0n) is 3.79. The smallest absolute Gasteiger partial charge is 0.0608 e. The minimum atomic E-state index is -2.06. The lowest BCUT2D eigenvalue weighted by Crippen LogP contribution is -2.48. The standard InChI is InChI=1S/C3H5BO3/c5-4(6)7-3-1-2-3/h3H,1-2H2/q-2. The molecule has 1 rings (SSSR count). The maximum Gasteiger partial charge on any atom is 0.0608 e. The third kappa shape index (κ3) is 1.92. The molecule has 4 heteroatoms. The molecule has 0 aromatic rings. The molecule has 0 atom stereocenters. The van der Waals surface area contributed by atoms with Crippen molar-refractivity contribution in [1.29, 1.82) is 0 Å². The third-order valence-electron chi connectivity index (χ3n) is 0.828. The van der Waals surface area contributed by atoms with Gasteiger partial charge in [-0.15, -0.1) is 0 Å². The molecule has 1 aliphatic carbocycles. The first kappa shape index (κ1) is 5.09. The van der Waals surface area contributed by atoms with Crippen LogP contribution in [0.1, 0.15) is 12.8 Å². The van der Waals surface area contributed by atoms with Crippen LogP contribution in [0, 0.1) is 0 Å².